The van der Waals surface area contributed by atoms with E-state index in [-0.39, 0.29) is 12.1 Å². The minimum absolute atomic E-state index is 0.00817. The fourth-order valence-electron chi connectivity index (χ4n) is 2.32. The van der Waals surface area contributed by atoms with Crippen LogP contribution in [-0.4, -0.2) is 18.8 Å². The first-order valence-corrected chi connectivity index (χ1v) is 6.64. The van der Waals surface area contributed by atoms with Crippen molar-refractivity contribution in [1.82, 2.24) is 0 Å². The summed E-state index contributed by atoms with van der Waals surface area (Å²) in [7, 11) is 0. The van der Waals surface area contributed by atoms with Crippen molar-refractivity contribution >= 4 is 23.2 Å². The molecule has 1 aliphatic rings. The largest absolute Gasteiger partial charge is 0.376 e. The van der Waals surface area contributed by atoms with Gasteiger partial charge in [-0.3, -0.25) is 0 Å². The molecule has 0 radical (unpaired) electrons. The summed E-state index contributed by atoms with van der Waals surface area (Å²) in [5, 5.41) is 1.33. The number of halogens is 2. The van der Waals surface area contributed by atoms with Crippen LogP contribution in [0.1, 0.15) is 18.9 Å². The van der Waals surface area contributed by atoms with E-state index in [0.29, 0.717) is 16.0 Å². The first-order valence-electron chi connectivity index (χ1n) is 5.89. The SMILES string of the molecule is CC1CCOC1C(N)Cc1ccc(Cl)cc1Cl. The van der Waals surface area contributed by atoms with Gasteiger partial charge in [-0.15, -0.1) is 0 Å². The van der Waals surface area contributed by atoms with E-state index in [1.165, 1.54) is 0 Å². The summed E-state index contributed by atoms with van der Waals surface area (Å²) in [6.07, 6.45) is 1.96. The smallest absolute Gasteiger partial charge is 0.0755 e. The zero-order chi connectivity index (χ0) is 12.4. The third-order valence-corrected chi connectivity index (χ3v) is 3.92. The summed E-state index contributed by atoms with van der Waals surface area (Å²) >= 11 is 12.0. The number of rotatable bonds is 3. The Balaban J connectivity index is 2.04. The Morgan fingerprint density at radius 2 is 2.24 bits per heavy atom. The van der Waals surface area contributed by atoms with E-state index < -0.39 is 0 Å². The molecule has 0 aromatic heterocycles. The van der Waals surface area contributed by atoms with Crippen molar-refractivity contribution in [2.45, 2.75) is 31.9 Å². The Morgan fingerprint density at radius 1 is 1.47 bits per heavy atom. The maximum Gasteiger partial charge on any atom is 0.0755 e. The second kappa shape index (κ2) is 5.57. The third kappa shape index (κ3) is 3.14. The summed E-state index contributed by atoms with van der Waals surface area (Å²) in [6, 6.07) is 5.52. The highest BCUT2D eigenvalue weighted by atomic mass is 35.5. The lowest BCUT2D eigenvalue weighted by atomic mass is 9.93. The molecule has 3 unspecified atom stereocenters. The van der Waals surface area contributed by atoms with Crippen LogP contribution in [0.5, 0.6) is 0 Å². The van der Waals surface area contributed by atoms with E-state index in [9.17, 15) is 0 Å². The van der Waals surface area contributed by atoms with Crippen LogP contribution in [0.15, 0.2) is 18.2 Å². The lowest BCUT2D eigenvalue weighted by Crippen LogP contribution is -2.39. The third-order valence-electron chi connectivity index (χ3n) is 3.34. The summed E-state index contributed by atoms with van der Waals surface area (Å²) in [5.74, 6) is 0.524. The zero-order valence-electron chi connectivity index (χ0n) is 9.83. The Morgan fingerprint density at radius 3 is 2.82 bits per heavy atom. The molecule has 0 spiro atoms. The lowest BCUT2D eigenvalue weighted by Gasteiger charge is -2.22. The quantitative estimate of drug-likeness (QED) is 0.918. The first-order chi connectivity index (χ1) is 8.08. The molecule has 2 rings (SSSR count). The van der Waals surface area contributed by atoms with Gasteiger partial charge in [0, 0.05) is 22.7 Å². The average Bonchev–Trinajstić information content (AvgIpc) is 2.68. The van der Waals surface area contributed by atoms with Crippen LogP contribution in [-0.2, 0) is 11.2 Å². The van der Waals surface area contributed by atoms with Gasteiger partial charge in [0.1, 0.15) is 0 Å². The van der Waals surface area contributed by atoms with Crippen LogP contribution in [0.4, 0.5) is 0 Å². The van der Waals surface area contributed by atoms with E-state index in [2.05, 4.69) is 6.92 Å². The Bertz CT molecular complexity index is 397. The summed E-state index contributed by atoms with van der Waals surface area (Å²) in [5.41, 5.74) is 7.23. The van der Waals surface area contributed by atoms with Crippen LogP contribution in [0, 0.1) is 5.92 Å². The van der Waals surface area contributed by atoms with E-state index in [1.54, 1.807) is 6.07 Å². The molecule has 1 fully saturated rings. The van der Waals surface area contributed by atoms with Crippen LogP contribution in [0.3, 0.4) is 0 Å². The molecule has 1 aromatic carbocycles. The monoisotopic (exact) mass is 273 g/mol. The Hall–Kier alpha value is -0.280. The van der Waals surface area contributed by atoms with Gasteiger partial charge < -0.3 is 10.5 Å². The maximum absolute atomic E-state index is 6.19. The van der Waals surface area contributed by atoms with Crippen molar-refractivity contribution in [3.63, 3.8) is 0 Å². The highest BCUT2D eigenvalue weighted by molar-refractivity contribution is 6.35. The number of hydrogen-bond acceptors (Lipinski definition) is 2. The maximum atomic E-state index is 6.19. The first kappa shape index (κ1) is 13.2. The molecule has 94 valence electrons. The molecule has 3 atom stereocenters. The van der Waals surface area contributed by atoms with Crippen LogP contribution in [0.25, 0.3) is 0 Å². The van der Waals surface area contributed by atoms with E-state index in [1.807, 2.05) is 12.1 Å². The topological polar surface area (TPSA) is 35.2 Å². The number of nitrogens with two attached hydrogens (primary N) is 1. The van der Waals surface area contributed by atoms with Gasteiger partial charge in [-0.1, -0.05) is 36.2 Å². The number of hydrogen-bond donors (Lipinski definition) is 1. The molecule has 1 aromatic rings. The molecule has 1 saturated heterocycles. The molecule has 1 heterocycles. The molecule has 4 heteroatoms. The molecule has 2 N–H and O–H groups in total. The summed E-state index contributed by atoms with van der Waals surface area (Å²) < 4.78 is 5.67. The van der Waals surface area contributed by atoms with Gasteiger partial charge in [0.05, 0.1) is 6.10 Å². The second-order valence-electron chi connectivity index (χ2n) is 4.71. The van der Waals surface area contributed by atoms with Gasteiger partial charge in [0.15, 0.2) is 0 Å². The Kier molecular flexibility index (Phi) is 4.31. The van der Waals surface area contributed by atoms with Gasteiger partial charge >= 0.3 is 0 Å². The second-order valence-corrected chi connectivity index (χ2v) is 5.55. The lowest BCUT2D eigenvalue weighted by molar-refractivity contribution is 0.0726. The predicted octanol–water partition coefficient (Wildman–Crippen LogP) is 3.29. The van der Waals surface area contributed by atoms with Crippen molar-refractivity contribution in [2.75, 3.05) is 6.61 Å². The number of benzene rings is 1. The van der Waals surface area contributed by atoms with Crippen LogP contribution in [0.2, 0.25) is 10.0 Å². The highest BCUT2D eigenvalue weighted by Crippen LogP contribution is 2.26. The summed E-state index contributed by atoms with van der Waals surface area (Å²) in [4.78, 5) is 0. The highest BCUT2D eigenvalue weighted by Gasteiger charge is 2.30. The molecule has 17 heavy (non-hydrogen) atoms. The molecular weight excluding hydrogens is 257 g/mol. The fourth-order valence-corrected chi connectivity index (χ4v) is 2.81. The van der Waals surface area contributed by atoms with E-state index in [4.69, 9.17) is 33.7 Å². The molecular formula is C13H17Cl2NO. The van der Waals surface area contributed by atoms with Crippen LogP contribution >= 0.6 is 23.2 Å². The minimum Gasteiger partial charge on any atom is -0.376 e. The van der Waals surface area contributed by atoms with Gasteiger partial charge in [-0.2, -0.15) is 0 Å². The molecule has 0 amide bonds. The predicted molar refractivity (Wildman–Crippen MR) is 71.7 cm³/mol. The van der Waals surface area contributed by atoms with Crippen molar-refractivity contribution in [1.29, 1.82) is 0 Å². The van der Waals surface area contributed by atoms with Gasteiger partial charge in [0.25, 0.3) is 0 Å². The average molecular weight is 274 g/mol. The molecule has 0 saturated carbocycles. The van der Waals surface area contributed by atoms with Crippen molar-refractivity contribution < 1.29 is 4.74 Å². The standard InChI is InChI=1S/C13H17Cl2NO/c1-8-4-5-17-13(8)12(16)6-9-2-3-10(14)7-11(9)15/h2-3,7-8,12-13H,4-6,16H2,1H3. The van der Waals surface area contributed by atoms with E-state index in [0.717, 1.165) is 25.0 Å². The van der Waals surface area contributed by atoms with Gasteiger partial charge in [-0.05, 0) is 36.5 Å². The molecule has 1 aliphatic heterocycles. The van der Waals surface area contributed by atoms with E-state index >= 15 is 0 Å². The van der Waals surface area contributed by atoms with Crippen molar-refractivity contribution in [3.8, 4) is 0 Å². The fraction of sp³-hybridized carbons (Fsp3) is 0.538. The zero-order valence-corrected chi connectivity index (χ0v) is 11.3. The molecule has 0 bridgehead atoms. The summed E-state index contributed by atoms with van der Waals surface area (Å²) in [6.45, 7) is 2.99. The normalized spacial score (nSPS) is 26.1. The molecule has 2 nitrogen and oxygen atoms in total. The minimum atomic E-state index is -0.00817. The number of ether oxygens (including phenoxy) is 1. The van der Waals surface area contributed by atoms with Crippen molar-refractivity contribution in [3.05, 3.63) is 33.8 Å². The van der Waals surface area contributed by atoms with Crippen LogP contribution < -0.4 is 5.73 Å². The Labute approximate surface area is 112 Å². The van der Waals surface area contributed by atoms with Crippen molar-refractivity contribution in [2.24, 2.45) is 11.7 Å². The van der Waals surface area contributed by atoms with Gasteiger partial charge in [0.2, 0.25) is 0 Å². The molecule has 0 aliphatic carbocycles. The van der Waals surface area contributed by atoms with Gasteiger partial charge in [-0.25, -0.2) is 0 Å².